The van der Waals surface area contributed by atoms with E-state index < -0.39 is 0 Å². The van der Waals surface area contributed by atoms with Crippen molar-refractivity contribution >= 4 is 23.5 Å². The Hall–Kier alpha value is -2.81. The molecule has 1 aromatic heterocycles. The Balaban J connectivity index is 1.51. The molecular formula is C17H23N7O2. The van der Waals surface area contributed by atoms with Crippen molar-refractivity contribution in [2.45, 2.75) is 39.2 Å². The lowest BCUT2D eigenvalue weighted by Gasteiger charge is -2.21. The van der Waals surface area contributed by atoms with Gasteiger partial charge in [0.1, 0.15) is 0 Å². The number of benzene rings is 1. The van der Waals surface area contributed by atoms with Gasteiger partial charge in [0.2, 0.25) is 11.8 Å². The van der Waals surface area contributed by atoms with E-state index in [2.05, 4.69) is 36.2 Å². The first-order chi connectivity index (χ1) is 12.5. The van der Waals surface area contributed by atoms with Crippen LogP contribution in [0, 0.1) is 13.8 Å². The molecule has 0 saturated heterocycles. The van der Waals surface area contributed by atoms with E-state index in [0.29, 0.717) is 12.6 Å². The van der Waals surface area contributed by atoms with E-state index in [0.717, 1.165) is 29.7 Å². The molecule has 0 radical (unpaired) electrons. The second kappa shape index (κ2) is 8.05. The van der Waals surface area contributed by atoms with Crippen LogP contribution in [0.3, 0.4) is 0 Å². The van der Waals surface area contributed by atoms with Crippen molar-refractivity contribution in [1.29, 1.82) is 0 Å². The fourth-order valence-corrected chi connectivity index (χ4v) is 2.72. The highest BCUT2D eigenvalue weighted by molar-refractivity contribution is 5.93. The Morgan fingerprint density at radius 3 is 2.73 bits per heavy atom. The summed E-state index contributed by atoms with van der Waals surface area (Å²) in [5.41, 5.74) is 2.96. The number of rotatable bonds is 8. The van der Waals surface area contributed by atoms with Gasteiger partial charge in [0.05, 0.1) is 6.54 Å². The Morgan fingerprint density at radius 2 is 2.04 bits per heavy atom. The highest BCUT2D eigenvalue weighted by Crippen LogP contribution is 2.27. The molecule has 26 heavy (non-hydrogen) atoms. The molecule has 1 aromatic carbocycles. The normalized spacial score (nSPS) is 13.7. The number of hydrogen-bond acceptors (Lipinski definition) is 6. The van der Waals surface area contributed by atoms with Crippen LogP contribution in [-0.4, -0.2) is 56.5 Å². The van der Waals surface area contributed by atoms with E-state index >= 15 is 0 Å². The van der Waals surface area contributed by atoms with Crippen LogP contribution in [-0.2, 0) is 9.59 Å². The van der Waals surface area contributed by atoms with Crippen LogP contribution < -0.4 is 10.6 Å². The number of carbonyl (C=O) groups excluding carboxylic acids is 2. The maximum Gasteiger partial charge on any atom is 0.269 e. The van der Waals surface area contributed by atoms with Crippen molar-refractivity contribution in [2.75, 3.05) is 23.7 Å². The molecule has 3 rings (SSSR count). The van der Waals surface area contributed by atoms with Gasteiger partial charge in [-0.1, -0.05) is 17.2 Å². The van der Waals surface area contributed by atoms with E-state index in [1.54, 1.807) is 0 Å². The summed E-state index contributed by atoms with van der Waals surface area (Å²) in [5, 5.41) is 18.6. The summed E-state index contributed by atoms with van der Waals surface area (Å²) < 4.78 is 0. The highest BCUT2D eigenvalue weighted by Gasteiger charge is 2.30. The lowest BCUT2D eigenvalue weighted by Crippen LogP contribution is -2.37. The van der Waals surface area contributed by atoms with E-state index in [1.807, 2.05) is 32.0 Å². The van der Waals surface area contributed by atoms with Crippen molar-refractivity contribution in [1.82, 2.24) is 25.5 Å². The molecule has 1 saturated carbocycles. The summed E-state index contributed by atoms with van der Waals surface area (Å²) in [7, 11) is 0. The van der Waals surface area contributed by atoms with Crippen LogP contribution in [0.25, 0.3) is 0 Å². The third-order valence-electron chi connectivity index (χ3n) is 4.30. The minimum absolute atomic E-state index is 0.0656. The maximum atomic E-state index is 12.4. The molecule has 0 spiro atoms. The van der Waals surface area contributed by atoms with Gasteiger partial charge in [0.25, 0.3) is 5.95 Å². The number of carbonyl (C=O) groups is 2. The molecule has 0 bridgehead atoms. The summed E-state index contributed by atoms with van der Waals surface area (Å²) in [6.07, 6.45) is 2.38. The van der Waals surface area contributed by atoms with Gasteiger partial charge in [-0.2, -0.15) is 5.21 Å². The van der Waals surface area contributed by atoms with Crippen molar-refractivity contribution in [3.8, 4) is 0 Å². The number of nitrogens with zero attached hydrogens (tertiary/aromatic N) is 4. The average molecular weight is 357 g/mol. The fraction of sp³-hybridized carbons (Fsp3) is 0.471. The predicted molar refractivity (Wildman–Crippen MR) is 96.6 cm³/mol. The van der Waals surface area contributed by atoms with Gasteiger partial charge in [-0.25, -0.2) is 0 Å². The van der Waals surface area contributed by atoms with E-state index in [9.17, 15) is 9.59 Å². The number of H-pyrrole nitrogens is 1. The SMILES string of the molecule is Cc1ccc(C)c(NC(=O)CN(CCC(=O)Nc2nn[nH]n2)C2CC2)c1. The molecule has 138 valence electrons. The highest BCUT2D eigenvalue weighted by atomic mass is 16.2. The van der Waals surface area contributed by atoms with Crippen molar-refractivity contribution in [3.63, 3.8) is 0 Å². The molecule has 9 nitrogen and oxygen atoms in total. The summed E-state index contributed by atoms with van der Waals surface area (Å²) >= 11 is 0. The summed E-state index contributed by atoms with van der Waals surface area (Å²) in [5.74, 6) is -0.114. The molecule has 0 aliphatic heterocycles. The molecule has 1 aliphatic rings. The quantitative estimate of drug-likeness (QED) is 0.655. The summed E-state index contributed by atoms with van der Waals surface area (Å²) in [6, 6.07) is 6.35. The first kappa shape index (κ1) is 18.0. The number of amides is 2. The average Bonchev–Trinajstić information content (AvgIpc) is 3.32. The van der Waals surface area contributed by atoms with Crippen LogP contribution in [0.1, 0.15) is 30.4 Å². The number of aryl methyl sites for hydroxylation is 2. The zero-order valence-corrected chi connectivity index (χ0v) is 15.0. The monoisotopic (exact) mass is 357 g/mol. The van der Waals surface area contributed by atoms with Crippen molar-refractivity contribution in [3.05, 3.63) is 29.3 Å². The smallest absolute Gasteiger partial charge is 0.269 e. The standard InChI is InChI=1S/C17H23N7O2/c1-11-3-4-12(2)14(9-11)18-16(26)10-24(13-5-6-13)8-7-15(25)19-17-20-22-23-21-17/h3-4,9,13H,5-8,10H2,1-2H3,(H,18,26)(H2,19,20,21,22,23,25). The van der Waals surface area contributed by atoms with Gasteiger partial charge in [-0.3, -0.25) is 19.8 Å². The first-order valence-electron chi connectivity index (χ1n) is 8.65. The van der Waals surface area contributed by atoms with Gasteiger partial charge >= 0.3 is 0 Å². The van der Waals surface area contributed by atoms with Gasteiger partial charge < -0.3 is 5.32 Å². The number of aromatic nitrogens is 4. The molecule has 3 N–H and O–H groups in total. The van der Waals surface area contributed by atoms with Crippen LogP contribution in [0.4, 0.5) is 11.6 Å². The van der Waals surface area contributed by atoms with Gasteiger partial charge in [0, 0.05) is 24.7 Å². The molecule has 9 heteroatoms. The first-order valence-corrected chi connectivity index (χ1v) is 8.65. The van der Waals surface area contributed by atoms with Crippen LogP contribution in [0.5, 0.6) is 0 Å². The molecule has 1 aliphatic carbocycles. The van der Waals surface area contributed by atoms with Crippen LogP contribution in [0.15, 0.2) is 18.2 Å². The Morgan fingerprint density at radius 1 is 1.23 bits per heavy atom. The van der Waals surface area contributed by atoms with Crippen LogP contribution in [0.2, 0.25) is 0 Å². The van der Waals surface area contributed by atoms with Crippen molar-refractivity contribution < 1.29 is 9.59 Å². The minimum atomic E-state index is -0.202. The van der Waals surface area contributed by atoms with Gasteiger partial charge in [0.15, 0.2) is 0 Å². The number of aromatic amines is 1. The van der Waals surface area contributed by atoms with Gasteiger partial charge in [-0.15, -0.1) is 5.10 Å². The third kappa shape index (κ3) is 5.09. The zero-order valence-electron chi connectivity index (χ0n) is 15.0. The fourth-order valence-electron chi connectivity index (χ4n) is 2.72. The van der Waals surface area contributed by atoms with E-state index in [1.165, 1.54) is 0 Å². The van der Waals surface area contributed by atoms with Crippen LogP contribution >= 0.6 is 0 Å². The lowest BCUT2D eigenvalue weighted by molar-refractivity contribution is -0.119. The minimum Gasteiger partial charge on any atom is -0.325 e. The van der Waals surface area contributed by atoms with Gasteiger partial charge in [-0.05, 0) is 49.1 Å². The number of tetrazole rings is 1. The molecule has 1 heterocycles. The van der Waals surface area contributed by atoms with E-state index in [-0.39, 0.29) is 30.7 Å². The van der Waals surface area contributed by atoms with E-state index in [4.69, 9.17) is 0 Å². The zero-order chi connectivity index (χ0) is 18.5. The summed E-state index contributed by atoms with van der Waals surface area (Å²) in [6.45, 7) is 4.74. The Kier molecular flexibility index (Phi) is 5.57. The Bertz CT molecular complexity index is 771. The topological polar surface area (TPSA) is 116 Å². The largest absolute Gasteiger partial charge is 0.325 e. The molecule has 0 unspecified atom stereocenters. The molecule has 0 atom stereocenters. The molecule has 2 amide bonds. The predicted octanol–water partition coefficient (Wildman–Crippen LogP) is 1.25. The lowest BCUT2D eigenvalue weighted by atomic mass is 10.1. The molecule has 2 aromatic rings. The number of hydrogen-bond donors (Lipinski definition) is 3. The maximum absolute atomic E-state index is 12.4. The third-order valence-corrected chi connectivity index (χ3v) is 4.30. The van der Waals surface area contributed by atoms with Crippen molar-refractivity contribution in [2.24, 2.45) is 0 Å². The summed E-state index contributed by atoms with van der Waals surface area (Å²) in [4.78, 5) is 26.4. The molecule has 1 fully saturated rings. The number of anilines is 2. The second-order valence-electron chi connectivity index (χ2n) is 6.60. The second-order valence-corrected chi connectivity index (χ2v) is 6.60. The number of nitrogens with one attached hydrogen (secondary N) is 3. The Labute approximate surface area is 151 Å². The molecular weight excluding hydrogens is 334 g/mol.